The molecular formula is C28H40N4O6. The molecule has 1 aromatic carbocycles. The molecule has 4 aliphatic rings. The molecule has 1 saturated carbocycles. The minimum atomic E-state index is -1.01. The number of ether oxygens (including phenoxy) is 3. The van der Waals surface area contributed by atoms with Crippen molar-refractivity contribution in [1.29, 1.82) is 0 Å². The molecule has 38 heavy (non-hydrogen) atoms. The first kappa shape index (κ1) is 27.1. The predicted octanol–water partition coefficient (Wildman–Crippen LogP) is 1.08. The summed E-state index contributed by atoms with van der Waals surface area (Å²) < 4.78 is 16.7. The number of ketones is 1. The Hall–Kier alpha value is -2.53. The molecule has 0 spiro atoms. The van der Waals surface area contributed by atoms with Crippen molar-refractivity contribution in [3.8, 4) is 0 Å². The number of likely N-dealkylation sites (tertiary alicyclic amines) is 1. The van der Waals surface area contributed by atoms with Gasteiger partial charge in [-0.15, -0.1) is 0 Å². The van der Waals surface area contributed by atoms with E-state index < -0.39 is 17.7 Å². The second-order valence-corrected chi connectivity index (χ2v) is 10.7. The Balaban J connectivity index is 1.25. The van der Waals surface area contributed by atoms with Gasteiger partial charge in [0.15, 0.2) is 5.78 Å². The molecule has 2 amide bonds. The Morgan fingerprint density at radius 3 is 2.47 bits per heavy atom. The number of Topliss-reactive ketones (excluding diaryl/α,β-unsaturated/α-hetero) is 1. The third-order valence-corrected chi connectivity index (χ3v) is 8.48. The van der Waals surface area contributed by atoms with Gasteiger partial charge in [-0.1, -0.05) is 12.8 Å². The fourth-order valence-corrected chi connectivity index (χ4v) is 6.39. The summed E-state index contributed by atoms with van der Waals surface area (Å²) in [5.41, 5.74) is 0.603. The van der Waals surface area contributed by atoms with Crippen molar-refractivity contribution in [2.75, 3.05) is 71.1 Å². The highest BCUT2D eigenvalue weighted by Crippen LogP contribution is 2.37. The lowest BCUT2D eigenvalue weighted by atomic mass is 9.93. The molecule has 208 valence electrons. The van der Waals surface area contributed by atoms with E-state index in [9.17, 15) is 14.4 Å². The van der Waals surface area contributed by atoms with E-state index in [4.69, 9.17) is 14.2 Å². The summed E-state index contributed by atoms with van der Waals surface area (Å²) >= 11 is 0. The smallest absolute Gasteiger partial charge is 0.252 e. The van der Waals surface area contributed by atoms with Crippen molar-refractivity contribution < 1.29 is 28.6 Å². The van der Waals surface area contributed by atoms with E-state index in [1.807, 2.05) is 31.2 Å². The Morgan fingerprint density at radius 1 is 1.11 bits per heavy atom. The number of benzene rings is 1. The van der Waals surface area contributed by atoms with E-state index in [1.54, 1.807) is 12.0 Å². The topological polar surface area (TPSA) is 101 Å². The van der Waals surface area contributed by atoms with E-state index in [0.717, 1.165) is 57.9 Å². The lowest BCUT2D eigenvalue weighted by Crippen LogP contribution is -2.60. The van der Waals surface area contributed by atoms with E-state index in [0.29, 0.717) is 31.6 Å². The number of anilines is 1. The monoisotopic (exact) mass is 528 g/mol. The van der Waals surface area contributed by atoms with Crippen LogP contribution in [-0.2, 0) is 23.8 Å². The lowest BCUT2D eigenvalue weighted by Gasteiger charge is -2.36. The van der Waals surface area contributed by atoms with Crippen LogP contribution in [0.1, 0.15) is 43.0 Å². The second kappa shape index (κ2) is 11.7. The van der Waals surface area contributed by atoms with Gasteiger partial charge in [0.2, 0.25) is 5.91 Å². The van der Waals surface area contributed by atoms with Crippen LogP contribution >= 0.6 is 0 Å². The summed E-state index contributed by atoms with van der Waals surface area (Å²) in [4.78, 5) is 46.3. The molecule has 1 N–H and O–H groups in total. The van der Waals surface area contributed by atoms with Crippen LogP contribution < -0.4 is 10.2 Å². The summed E-state index contributed by atoms with van der Waals surface area (Å²) in [6.07, 6.45) is 2.06. The highest BCUT2D eigenvalue weighted by molar-refractivity contribution is 6.01. The van der Waals surface area contributed by atoms with Gasteiger partial charge in [0.05, 0.1) is 13.2 Å². The summed E-state index contributed by atoms with van der Waals surface area (Å²) in [5.74, 6) is -0.551. The van der Waals surface area contributed by atoms with Crippen molar-refractivity contribution >= 4 is 23.3 Å². The Kier molecular flexibility index (Phi) is 8.32. The van der Waals surface area contributed by atoms with Crippen LogP contribution in [-0.4, -0.2) is 117 Å². The van der Waals surface area contributed by atoms with E-state index in [2.05, 4.69) is 15.1 Å². The quantitative estimate of drug-likeness (QED) is 0.508. The molecule has 3 aliphatic heterocycles. The normalized spacial score (nSPS) is 27.1. The van der Waals surface area contributed by atoms with Gasteiger partial charge in [-0.2, -0.15) is 0 Å². The molecule has 3 atom stereocenters. The standard InChI is InChI=1S/C28H40N4O6/c1-3-37-23-18-32(24-22(33)19-38-25(23)24)27(35)28(10-4-5-11-28)29-26(34)20-6-8-21(9-7-20)31-14-12-30(13-15-31)16-17-36-2/h6-9,23-25H,3-5,10-19H2,1-2H3,(H,29,34)/t23-,24+,25+/m0/s1. The van der Waals surface area contributed by atoms with E-state index in [-0.39, 0.29) is 30.3 Å². The molecule has 1 aliphatic carbocycles. The summed E-state index contributed by atoms with van der Waals surface area (Å²) in [6.45, 7) is 8.16. The highest BCUT2D eigenvalue weighted by atomic mass is 16.6. The largest absolute Gasteiger partial charge is 0.383 e. The SMILES string of the molecule is CCO[C@H]1CN(C(=O)C2(NC(=O)c3ccc(N4CCN(CCOC)CC4)cc3)CCCC2)[C@@H]2C(=O)CO[C@H]12. The molecule has 3 saturated heterocycles. The fourth-order valence-electron chi connectivity index (χ4n) is 6.39. The zero-order valence-electron chi connectivity index (χ0n) is 22.5. The third-order valence-electron chi connectivity index (χ3n) is 8.48. The zero-order valence-corrected chi connectivity index (χ0v) is 22.5. The zero-order chi connectivity index (χ0) is 26.7. The maximum absolute atomic E-state index is 14.0. The summed E-state index contributed by atoms with van der Waals surface area (Å²) in [5, 5.41) is 3.10. The Bertz CT molecular complexity index is 1000. The lowest BCUT2D eigenvalue weighted by molar-refractivity contribution is -0.142. The average molecular weight is 529 g/mol. The number of fused-ring (bicyclic) bond motifs is 1. The number of hydrogen-bond acceptors (Lipinski definition) is 8. The first-order chi connectivity index (χ1) is 18.5. The number of nitrogens with one attached hydrogen (secondary N) is 1. The maximum Gasteiger partial charge on any atom is 0.252 e. The molecule has 5 rings (SSSR count). The Labute approximate surface area is 224 Å². The van der Waals surface area contributed by atoms with Crippen molar-refractivity contribution in [1.82, 2.24) is 15.1 Å². The minimum absolute atomic E-state index is 0.00337. The van der Waals surface area contributed by atoms with Crippen LogP contribution in [0.5, 0.6) is 0 Å². The van der Waals surface area contributed by atoms with Gasteiger partial charge in [0.1, 0.15) is 30.4 Å². The van der Waals surface area contributed by atoms with Gasteiger partial charge < -0.3 is 29.3 Å². The fraction of sp³-hybridized carbons (Fsp3) is 0.679. The predicted molar refractivity (Wildman–Crippen MR) is 141 cm³/mol. The molecule has 0 radical (unpaired) electrons. The first-order valence-electron chi connectivity index (χ1n) is 13.9. The van der Waals surface area contributed by atoms with Gasteiger partial charge in [0.25, 0.3) is 5.91 Å². The third kappa shape index (κ3) is 5.32. The number of nitrogens with zero attached hydrogens (tertiary/aromatic N) is 3. The minimum Gasteiger partial charge on any atom is -0.383 e. The molecule has 10 nitrogen and oxygen atoms in total. The molecule has 1 aromatic rings. The average Bonchev–Trinajstić information content (AvgIpc) is 3.66. The molecule has 0 unspecified atom stereocenters. The van der Waals surface area contributed by atoms with Crippen molar-refractivity contribution in [2.24, 2.45) is 0 Å². The van der Waals surface area contributed by atoms with Crippen molar-refractivity contribution in [3.05, 3.63) is 29.8 Å². The molecular weight excluding hydrogens is 488 g/mol. The highest BCUT2D eigenvalue weighted by Gasteiger charge is 2.56. The molecule has 0 bridgehead atoms. The van der Waals surface area contributed by atoms with Gasteiger partial charge >= 0.3 is 0 Å². The van der Waals surface area contributed by atoms with Crippen molar-refractivity contribution in [3.63, 3.8) is 0 Å². The number of hydrogen-bond donors (Lipinski definition) is 1. The van der Waals surface area contributed by atoms with Gasteiger partial charge in [0, 0.05) is 57.7 Å². The number of methoxy groups -OCH3 is 1. The van der Waals surface area contributed by atoms with Gasteiger partial charge in [-0.25, -0.2) is 0 Å². The number of amides is 2. The molecule has 0 aromatic heterocycles. The van der Waals surface area contributed by atoms with E-state index >= 15 is 0 Å². The van der Waals surface area contributed by atoms with Crippen LogP contribution in [0, 0.1) is 0 Å². The number of rotatable bonds is 9. The van der Waals surface area contributed by atoms with Crippen molar-refractivity contribution in [2.45, 2.75) is 56.4 Å². The van der Waals surface area contributed by atoms with Crippen LogP contribution in [0.15, 0.2) is 24.3 Å². The van der Waals surface area contributed by atoms with Gasteiger partial charge in [-0.05, 0) is 44.0 Å². The molecule has 10 heteroatoms. The van der Waals surface area contributed by atoms with E-state index in [1.165, 1.54) is 0 Å². The van der Waals surface area contributed by atoms with Gasteiger partial charge in [-0.3, -0.25) is 19.3 Å². The van der Waals surface area contributed by atoms with Crippen LogP contribution in [0.25, 0.3) is 0 Å². The maximum atomic E-state index is 14.0. The second-order valence-electron chi connectivity index (χ2n) is 10.7. The number of carbonyl (C=O) groups excluding carboxylic acids is 3. The molecule has 4 fully saturated rings. The van der Waals surface area contributed by atoms with Crippen LogP contribution in [0.3, 0.4) is 0 Å². The first-order valence-corrected chi connectivity index (χ1v) is 13.9. The Morgan fingerprint density at radius 2 is 1.82 bits per heavy atom. The van der Waals surface area contributed by atoms with Crippen LogP contribution in [0.4, 0.5) is 5.69 Å². The van der Waals surface area contributed by atoms with Crippen LogP contribution in [0.2, 0.25) is 0 Å². The summed E-state index contributed by atoms with van der Waals surface area (Å²) in [6, 6.07) is 6.99. The number of piperazine rings is 1. The number of carbonyl (C=O) groups is 3. The summed E-state index contributed by atoms with van der Waals surface area (Å²) in [7, 11) is 1.73. The molecule has 3 heterocycles.